The molecule has 3 aromatic heterocycles. The molecule has 0 unspecified atom stereocenters. The van der Waals surface area contributed by atoms with Gasteiger partial charge in [-0.3, -0.25) is 4.98 Å². The zero-order valence-electron chi connectivity index (χ0n) is 18.7. The number of piperidine rings is 1. The van der Waals surface area contributed by atoms with E-state index in [4.69, 9.17) is 26.3 Å². The normalized spacial score (nSPS) is 17.6. The third-order valence-electron chi connectivity index (χ3n) is 6.86. The quantitative estimate of drug-likeness (QED) is 0.412. The van der Waals surface area contributed by atoms with Gasteiger partial charge in [-0.15, -0.1) is 0 Å². The van der Waals surface area contributed by atoms with Gasteiger partial charge in [0.2, 0.25) is 0 Å². The van der Waals surface area contributed by atoms with Crippen LogP contribution in [-0.4, -0.2) is 51.2 Å². The summed E-state index contributed by atoms with van der Waals surface area (Å²) in [4.78, 5) is 24.9. The van der Waals surface area contributed by atoms with Gasteiger partial charge in [-0.05, 0) is 48.4 Å². The van der Waals surface area contributed by atoms with Gasteiger partial charge in [0.1, 0.15) is 22.2 Å². The van der Waals surface area contributed by atoms with Crippen LogP contribution in [0.3, 0.4) is 0 Å². The monoisotopic (exact) mass is 492 g/mol. The van der Waals surface area contributed by atoms with Gasteiger partial charge in [-0.1, -0.05) is 29.4 Å². The number of pyridine rings is 1. The molecule has 1 aromatic carbocycles. The summed E-state index contributed by atoms with van der Waals surface area (Å²) >= 11 is 8.25. The van der Waals surface area contributed by atoms with E-state index in [1.165, 1.54) is 18.2 Å². The molecule has 2 aliphatic rings. The van der Waals surface area contributed by atoms with Gasteiger partial charge in [0.15, 0.2) is 0 Å². The van der Waals surface area contributed by atoms with Crippen molar-refractivity contribution < 1.29 is 4.74 Å². The molecule has 0 atom stereocenters. The summed E-state index contributed by atoms with van der Waals surface area (Å²) in [5, 5.41) is 1.44. The van der Waals surface area contributed by atoms with Gasteiger partial charge in [0, 0.05) is 43.4 Å². The molecule has 0 bridgehead atoms. The maximum atomic E-state index is 6.74. The number of hydrogen-bond acceptors (Lipinski definition) is 7. The van der Waals surface area contributed by atoms with Crippen LogP contribution in [0.5, 0.6) is 0 Å². The van der Waals surface area contributed by atoms with E-state index >= 15 is 0 Å². The van der Waals surface area contributed by atoms with Crippen molar-refractivity contribution in [3.05, 3.63) is 65.5 Å². The number of benzene rings is 1. The highest BCUT2D eigenvalue weighted by molar-refractivity contribution is 7.99. The fourth-order valence-corrected chi connectivity index (χ4v) is 5.91. The molecule has 34 heavy (non-hydrogen) atoms. The first kappa shape index (κ1) is 21.8. The lowest BCUT2D eigenvalue weighted by molar-refractivity contribution is 0.133. The Morgan fingerprint density at radius 1 is 1.09 bits per heavy atom. The summed E-state index contributed by atoms with van der Waals surface area (Å²) in [5.74, 6) is 1.80. The van der Waals surface area contributed by atoms with Gasteiger partial charge in [0.05, 0.1) is 29.5 Å². The first-order chi connectivity index (χ1) is 16.7. The van der Waals surface area contributed by atoms with Gasteiger partial charge >= 0.3 is 0 Å². The molecule has 9 heteroatoms. The summed E-state index contributed by atoms with van der Waals surface area (Å²) in [5.41, 5.74) is 3.18. The molecule has 0 radical (unpaired) electrons. The number of ether oxygens (including phenoxy) is 1. The number of nitrogens with zero attached hydrogens (tertiary/aromatic N) is 5. The molecule has 1 spiro atoms. The Bertz CT molecular complexity index is 1280. The molecular weight excluding hydrogens is 468 g/mol. The van der Waals surface area contributed by atoms with E-state index in [0.717, 1.165) is 77.3 Å². The van der Waals surface area contributed by atoms with Crippen molar-refractivity contribution in [1.29, 1.82) is 0 Å². The van der Waals surface area contributed by atoms with Crippen molar-refractivity contribution in [2.24, 2.45) is 5.41 Å². The van der Waals surface area contributed by atoms with E-state index in [1.54, 1.807) is 6.20 Å². The van der Waals surface area contributed by atoms with Crippen molar-refractivity contribution in [3.63, 3.8) is 0 Å². The zero-order valence-corrected chi connectivity index (χ0v) is 20.3. The van der Waals surface area contributed by atoms with Crippen molar-refractivity contribution in [3.8, 4) is 0 Å². The van der Waals surface area contributed by atoms with Crippen molar-refractivity contribution >= 4 is 40.2 Å². The zero-order chi connectivity index (χ0) is 23.0. The number of aromatic nitrogens is 5. The minimum atomic E-state index is 0.388. The highest BCUT2D eigenvalue weighted by atomic mass is 35.5. The Balaban J connectivity index is 1.15. The molecule has 2 saturated heterocycles. The van der Waals surface area contributed by atoms with E-state index in [2.05, 4.69) is 19.9 Å². The first-order valence-corrected chi connectivity index (χ1v) is 12.8. The molecule has 5 heterocycles. The highest BCUT2D eigenvalue weighted by Gasteiger charge is 2.38. The summed E-state index contributed by atoms with van der Waals surface area (Å²) in [6, 6.07) is 7.99. The molecule has 0 aliphatic carbocycles. The molecule has 0 amide bonds. The van der Waals surface area contributed by atoms with Crippen LogP contribution in [0.15, 0.2) is 59.0 Å². The van der Waals surface area contributed by atoms with E-state index in [9.17, 15) is 0 Å². The Morgan fingerprint density at radius 3 is 2.74 bits per heavy atom. The average molecular weight is 493 g/mol. The summed E-state index contributed by atoms with van der Waals surface area (Å²) in [6.45, 7) is 3.83. The number of rotatable bonds is 5. The van der Waals surface area contributed by atoms with E-state index in [0.29, 0.717) is 16.9 Å². The average Bonchev–Trinajstić information content (AvgIpc) is 3.50. The van der Waals surface area contributed by atoms with Crippen LogP contribution >= 0.6 is 23.4 Å². The third kappa shape index (κ3) is 4.37. The van der Waals surface area contributed by atoms with Crippen LogP contribution < -0.4 is 4.90 Å². The van der Waals surface area contributed by atoms with Crippen LogP contribution in [0.1, 0.15) is 30.7 Å². The number of halogens is 1. The van der Waals surface area contributed by atoms with Gasteiger partial charge in [-0.25, -0.2) is 15.0 Å². The minimum Gasteiger partial charge on any atom is -0.381 e. The Morgan fingerprint density at radius 2 is 2.00 bits per heavy atom. The lowest BCUT2D eigenvalue weighted by Crippen LogP contribution is -2.40. The fourth-order valence-electron chi connectivity index (χ4n) is 4.83. The second-order valence-corrected chi connectivity index (χ2v) is 10.5. The number of hydrogen-bond donors (Lipinski definition) is 1. The molecule has 1 N–H and O–H groups in total. The number of anilines is 1. The standard InChI is InChI=1S/C25H25ClN6OS/c26-23-19(4-3-18-24(23)31-20(30-18)12-17-2-1-8-27-13-17)34-22-15-28-21(14-29-22)32-9-5-25(6-10-32)7-11-33-16-25/h1-4,8,13-15H,5-7,9-12,16H2,(H,30,31). The molecule has 2 aliphatic heterocycles. The minimum absolute atomic E-state index is 0.388. The maximum Gasteiger partial charge on any atom is 0.147 e. The predicted molar refractivity (Wildman–Crippen MR) is 134 cm³/mol. The van der Waals surface area contributed by atoms with Crippen LogP contribution in [0.4, 0.5) is 5.82 Å². The Kier molecular flexibility index (Phi) is 5.89. The van der Waals surface area contributed by atoms with Crippen LogP contribution in [0.25, 0.3) is 11.0 Å². The number of imidazole rings is 1. The van der Waals surface area contributed by atoms with Crippen molar-refractivity contribution in [1.82, 2.24) is 24.9 Å². The van der Waals surface area contributed by atoms with Gasteiger partial charge in [-0.2, -0.15) is 0 Å². The summed E-state index contributed by atoms with van der Waals surface area (Å²) in [6.07, 6.45) is 11.5. The fraction of sp³-hybridized carbons (Fsp3) is 0.360. The Hall–Kier alpha value is -2.68. The van der Waals surface area contributed by atoms with Gasteiger partial charge < -0.3 is 14.6 Å². The molecule has 6 rings (SSSR count). The summed E-state index contributed by atoms with van der Waals surface area (Å²) in [7, 11) is 0. The topological polar surface area (TPSA) is 79.8 Å². The van der Waals surface area contributed by atoms with Crippen molar-refractivity contribution in [2.75, 3.05) is 31.2 Å². The number of H-pyrrole nitrogens is 1. The highest BCUT2D eigenvalue weighted by Crippen LogP contribution is 2.40. The largest absolute Gasteiger partial charge is 0.381 e. The van der Waals surface area contributed by atoms with Gasteiger partial charge in [0.25, 0.3) is 0 Å². The van der Waals surface area contributed by atoms with Crippen LogP contribution in [-0.2, 0) is 11.2 Å². The molecule has 2 fully saturated rings. The van der Waals surface area contributed by atoms with E-state index in [-0.39, 0.29) is 0 Å². The van der Waals surface area contributed by atoms with Crippen LogP contribution in [0.2, 0.25) is 5.02 Å². The Labute approximate surface area is 207 Å². The smallest absolute Gasteiger partial charge is 0.147 e. The number of fused-ring (bicyclic) bond motifs is 1. The third-order valence-corrected chi connectivity index (χ3v) is 8.34. The second-order valence-electron chi connectivity index (χ2n) is 9.10. The maximum absolute atomic E-state index is 6.74. The molecule has 4 aromatic rings. The molecular formula is C25H25ClN6OS. The predicted octanol–water partition coefficient (Wildman–Crippen LogP) is 5.15. The SMILES string of the molecule is Clc1c(Sc2cnc(N3CCC4(CCOC4)CC3)cn2)ccc2[nH]c(Cc3cccnc3)nc12. The van der Waals surface area contributed by atoms with E-state index < -0.39 is 0 Å². The summed E-state index contributed by atoms with van der Waals surface area (Å²) < 4.78 is 5.65. The number of nitrogens with one attached hydrogen (secondary N) is 1. The second kappa shape index (κ2) is 9.17. The lowest BCUT2D eigenvalue weighted by atomic mass is 9.78. The molecule has 174 valence electrons. The van der Waals surface area contributed by atoms with E-state index in [1.807, 2.05) is 42.9 Å². The first-order valence-electron chi connectivity index (χ1n) is 11.6. The van der Waals surface area contributed by atoms with Crippen LogP contribution in [0, 0.1) is 5.41 Å². The number of aromatic amines is 1. The molecule has 7 nitrogen and oxygen atoms in total. The lowest BCUT2D eigenvalue weighted by Gasteiger charge is -2.38. The molecule has 0 saturated carbocycles. The van der Waals surface area contributed by atoms with Crippen molar-refractivity contribution in [2.45, 2.75) is 35.6 Å².